The number of carboxylic acid groups (broad SMARTS) is 1. The monoisotopic (exact) mass is 314 g/mol. The van der Waals surface area contributed by atoms with Crippen molar-refractivity contribution in [2.45, 2.75) is 13.3 Å². The van der Waals surface area contributed by atoms with Gasteiger partial charge in [0.2, 0.25) is 0 Å². The van der Waals surface area contributed by atoms with Gasteiger partial charge >= 0.3 is 16.2 Å². The molecule has 1 aliphatic heterocycles. The number of aromatic carboxylic acids is 1. The zero-order valence-corrected chi connectivity index (χ0v) is 12.5. The lowest BCUT2D eigenvalue weighted by Crippen LogP contribution is -2.43. The second-order valence-corrected chi connectivity index (χ2v) is 6.32. The summed E-state index contributed by atoms with van der Waals surface area (Å²) in [5, 5.41) is 9.06. The third kappa shape index (κ3) is 3.72. The van der Waals surface area contributed by atoms with Gasteiger partial charge in [0.1, 0.15) is 0 Å². The SMILES string of the molecule is CCc1cc(NS(=O)(=O)N2CCOCC2)ccc1C(=O)O. The van der Waals surface area contributed by atoms with Crippen molar-refractivity contribution in [1.29, 1.82) is 0 Å². The predicted molar refractivity (Wildman–Crippen MR) is 77.7 cm³/mol. The van der Waals surface area contributed by atoms with Crippen molar-refractivity contribution in [3.8, 4) is 0 Å². The Morgan fingerprint density at radius 3 is 2.62 bits per heavy atom. The van der Waals surface area contributed by atoms with E-state index >= 15 is 0 Å². The van der Waals surface area contributed by atoms with E-state index in [1.54, 1.807) is 6.07 Å². The molecule has 1 heterocycles. The summed E-state index contributed by atoms with van der Waals surface area (Å²) in [6, 6.07) is 4.43. The average molecular weight is 314 g/mol. The summed E-state index contributed by atoms with van der Waals surface area (Å²) < 4.78 is 33.3. The molecule has 21 heavy (non-hydrogen) atoms. The Morgan fingerprint density at radius 1 is 1.38 bits per heavy atom. The van der Waals surface area contributed by atoms with Gasteiger partial charge in [0.15, 0.2) is 0 Å². The van der Waals surface area contributed by atoms with Crippen molar-refractivity contribution in [1.82, 2.24) is 4.31 Å². The summed E-state index contributed by atoms with van der Waals surface area (Å²) in [5.41, 5.74) is 1.14. The Bertz CT molecular complexity index is 623. The van der Waals surface area contributed by atoms with Crippen LogP contribution in [-0.4, -0.2) is 50.1 Å². The molecule has 0 spiro atoms. The molecule has 0 saturated carbocycles. The van der Waals surface area contributed by atoms with E-state index in [1.807, 2.05) is 6.92 Å². The first kappa shape index (κ1) is 15.7. The van der Waals surface area contributed by atoms with E-state index in [9.17, 15) is 13.2 Å². The highest BCUT2D eigenvalue weighted by atomic mass is 32.2. The fraction of sp³-hybridized carbons (Fsp3) is 0.462. The molecule has 7 nitrogen and oxygen atoms in total. The maximum atomic E-state index is 12.2. The summed E-state index contributed by atoms with van der Waals surface area (Å²) in [5.74, 6) is -1.02. The number of hydrogen-bond acceptors (Lipinski definition) is 4. The van der Waals surface area contributed by atoms with E-state index in [-0.39, 0.29) is 5.56 Å². The number of anilines is 1. The van der Waals surface area contributed by atoms with Crippen molar-refractivity contribution in [3.05, 3.63) is 29.3 Å². The number of hydrogen-bond donors (Lipinski definition) is 2. The number of carboxylic acids is 1. The lowest BCUT2D eigenvalue weighted by Gasteiger charge is -2.26. The molecule has 0 bridgehead atoms. The normalized spacial score (nSPS) is 16.6. The number of nitrogens with one attached hydrogen (secondary N) is 1. The number of rotatable bonds is 5. The van der Waals surface area contributed by atoms with Crippen LogP contribution in [-0.2, 0) is 21.4 Å². The highest BCUT2D eigenvalue weighted by Gasteiger charge is 2.24. The highest BCUT2D eigenvalue weighted by molar-refractivity contribution is 7.90. The summed E-state index contributed by atoms with van der Waals surface area (Å²) in [6.45, 7) is 3.19. The molecule has 8 heteroatoms. The fourth-order valence-corrected chi connectivity index (χ4v) is 3.34. The van der Waals surface area contributed by atoms with Gasteiger partial charge in [0.05, 0.1) is 24.5 Å². The van der Waals surface area contributed by atoms with Crippen molar-refractivity contribution in [2.24, 2.45) is 0 Å². The smallest absolute Gasteiger partial charge is 0.335 e. The number of nitrogens with zero attached hydrogens (tertiary/aromatic N) is 1. The number of morpholine rings is 1. The summed E-state index contributed by atoms with van der Waals surface area (Å²) in [7, 11) is -3.64. The largest absolute Gasteiger partial charge is 0.478 e. The van der Waals surface area contributed by atoms with Gasteiger partial charge in [-0.25, -0.2) is 4.79 Å². The molecule has 1 fully saturated rings. The first-order valence-electron chi connectivity index (χ1n) is 6.66. The zero-order chi connectivity index (χ0) is 15.5. The lowest BCUT2D eigenvalue weighted by molar-refractivity contribution is 0.0695. The fourth-order valence-electron chi connectivity index (χ4n) is 2.16. The second-order valence-electron chi connectivity index (χ2n) is 4.65. The molecule has 1 aliphatic rings. The van der Waals surface area contributed by atoms with Crippen LogP contribution in [0.4, 0.5) is 5.69 Å². The quantitative estimate of drug-likeness (QED) is 0.843. The zero-order valence-electron chi connectivity index (χ0n) is 11.7. The molecule has 1 saturated heterocycles. The molecule has 2 rings (SSSR count). The average Bonchev–Trinajstić information content (AvgIpc) is 2.47. The molecule has 0 aromatic heterocycles. The first-order valence-corrected chi connectivity index (χ1v) is 8.10. The second kappa shape index (κ2) is 6.42. The van der Waals surface area contributed by atoms with Crippen LogP contribution in [0.1, 0.15) is 22.8 Å². The Morgan fingerprint density at radius 2 is 2.05 bits per heavy atom. The summed E-state index contributed by atoms with van der Waals surface area (Å²) in [4.78, 5) is 11.1. The van der Waals surface area contributed by atoms with Gasteiger partial charge in [0, 0.05) is 13.1 Å². The highest BCUT2D eigenvalue weighted by Crippen LogP contribution is 2.19. The minimum atomic E-state index is -3.64. The molecular weight excluding hydrogens is 296 g/mol. The maximum absolute atomic E-state index is 12.2. The van der Waals surface area contributed by atoms with Crippen LogP contribution in [0.3, 0.4) is 0 Å². The van der Waals surface area contributed by atoms with Gasteiger partial charge in [-0.1, -0.05) is 6.92 Å². The number of aryl methyl sites for hydroxylation is 1. The van der Waals surface area contributed by atoms with E-state index in [0.29, 0.717) is 44.0 Å². The molecular formula is C13H18N2O5S. The van der Waals surface area contributed by atoms with Crippen molar-refractivity contribution < 1.29 is 23.1 Å². The van der Waals surface area contributed by atoms with Crippen LogP contribution >= 0.6 is 0 Å². The number of carbonyl (C=O) groups is 1. The van der Waals surface area contributed by atoms with Gasteiger partial charge in [0.25, 0.3) is 0 Å². The Balaban J connectivity index is 2.20. The molecule has 0 amide bonds. The number of benzene rings is 1. The molecule has 1 aromatic rings. The van der Waals surface area contributed by atoms with Crippen molar-refractivity contribution in [2.75, 3.05) is 31.0 Å². The molecule has 116 valence electrons. The van der Waals surface area contributed by atoms with E-state index in [4.69, 9.17) is 9.84 Å². The van der Waals surface area contributed by atoms with Gasteiger partial charge < -0.3 is 9.84 Å². The third-order valence-electron chi connectivity index (χ3n) is 3.27. The summed E-state index contributed by atoms with van der Waals surface area (Å²) in [6.07, 6.45) is 0.509. The van der Waals surface area contributed by atoms with Gasteiger partial charge in [-0.3, -0.25) is 4.72 Å². The summed E-state index contributed by atoms with van der Waals surface area (Å²) >= 11 is 0. The first-order chi connectivity index (χ1) is 9.94. The van der Waals surface area contributed by atoms with Crippen LogP contribution in [0.5, 0.6) is 0 Å². The topological polar surface area (TPSA) is 95.9 Å². The van der Waals surface area contributed by atoms with Crippen molar-refractivity contribution in [3.63, 3.8) is 0 Å². The Kier molecular flexibility index (Phi) is 4.81. The Labute approximate surface area is 123 Å². The van der Waals surface area contributed by atoms with Gasteiger partial charge in [-0.05, 0) is 30.2 Å². The standard InChI is InChI=1S/C13H18N2O5S/c1-2-10-9-11(3-4-12(10)13(16)17)14-21(18,19)15-5-7-20-8-6-15/h3-4,9,14H,2,5-8H2,1H3,(H,16,17). The maximum Gasteiger partial charge on any atom is 0.335 e. The molecule has 1 aromatic carbocycles. The van der Waals surface area contributed by atoms with E-state index in [1.165, 1.54) is 16.4 Å². The van der Waals surface area contributed by atoms with Crippen molar-refractivity contribution >= 4 is 21.9 Å². The molecule has 0 atom stereocenters. The van der Waals surface area contributed by atoms with E-state index in [2.05, 4.69) is 4.72 Å². The van der Waals surface area contributed by atoms with Gasteiger partial charge in [-0.2, -0.15) is 12.7 Å². The van der Waals surface area contributed by atoms with Gasteiger partial charge in [-0.15, -0.1) is 0 Å². The molecule has 0 aliphatic carbocycles. The molecule has 2 N–H and O–H groups in total. The van der Waals surface area contributed by atoms with Crippen LogP contribution in [0.25, 0.3) is 0 Å². The van der Waals surface area contributed by atoms with Crippen LogP contribution in [0, 0.1) is 0 Å². The molecule has 0 radical (unpaired) electrons. The van der Waals surface area contributed by atoms with Crippen LogP contribution in [0.15, 0.2) is 18.2 Å². The van der Waals surface area contributed by atoms with Crippen LogP contribution in [0.2, 0.25) is 0 Å². The molecule has 0 unspecified atom stereocenters. The minimum absolute atomic E-state index is 0.187. The van der Waals surface area contributed by atoms with Crippen LogP contribution < -0.4 is 4.72 Å². The lowest BCUT2D eigenvalue weighted by atomic mass is 10.0. The van der Waals surface area contributed by atoms with E-state index in [0.717, 1.165) is 0 Å². The van der Waals surface area contributed by atoms with E-state index < -0.39 is 16.2 Å². The Hall–Kier alpha value is -1.64. The minimum Gasteiger partial charge on any atom is -0.478 e. The predicted octanol–water partition coefficient (Wildman–Crippen LogP) is 0.936. The third-order valence-corrected chi connectivity index (χ3v) is 4.81. The number of ether oxygens (including phenoxy) is 1.